The topological polar surface area (TPSA) is 84.5 Å². The highest BCUT2D eigenvalue weighted by Gasteiger charge is 2.55. The molecule has 5 nitrogen and oxygen atoms in total. The Morgan fingerprint density at radius 3 is 2.70 bits per heavy atom. The predicted molar refractivity (Wildman–Crippen MR) is 108 cm³/mol. The van der Waals surface area contributed by atoms with Crippen LogP contribution >= 0.6 is 11.3 Å². The third-order valence-electron chi connectivity index (χ3n) is 5.37. The zero-order valence-electron chi connectivity index (χ0n) is 14.5. The highest BCUT2D eigenvalue weighted by molar-refractivity contribution is 7.22. The van der Waals surface area contributed by atoms with Gasteiger partial charge in [0.25, 0.3) is 0 Å². The van der Waals surface area contributed by atoms with Gasteiger partial charge in [0.1, 0.15) is 5.41 Å². The number of benzene rings is 2. The number of carbonyl (C=O) groups is 2. The molecule has 1 aromatic heterocycles. The molecule has 1 saturated carbocycles. The molecule has 0 bridgehead atoms. The number of aliphatic imine (C=N–C) groups is 1. The monoisotopic (exact) mass is 375 g/mol. The van der Waals surface area contributed by atoms with E-state index in [1.807, 2.05) is 30.5 Å². The maximum Gasteiger partial charge on any atom is 0.240 e. The Bertz CT molecular complexity index is 1110. The van der Waals surface area contributed by atoms with Crippen molar-refractivity contribution in [3.8, 4) is 10.4 Å². The second kappa shape index (κ2) is 5.76. The lowest BCUT2D eigenvalue weighted by molar-refractivity contribution is -0.132. The van der Waals surface area contributed by atoms with Crippen LogP contribution in [0.15, 0.2) is 47.5 Å². The van der Waals surface area contributed by atoms with Crippen LogP contribution in [0.3, 0.4) is 0 Å². The number of fused-ring (bicyclic) bond motifs is 2. The van der Waals surface area contributed by atoms with E-state index >= 15 is 0 Å². The van der Waals surface area contributed by atoms with Crippen molar-refractivity contribution < 1.29 is 9.59 Å². The van der Waals surface area contributed by atoms with Gasteiger partial charge in [0.15, 0.2) is 0 Å². The first-order valence-electron chi connectivity index (χ1n) is 8.84. The molecule has 0 atom stereocenters. The number of nitrogens with one attached hydrogen (secondary N) is 1. The number of anilines is 1. The summed E-state index contributed by atoms with van der Waals surface area (Å²) in [6.45, 7) is 0.637. The zero-order valence-corrected chi connectivity index (χ0v) is 15.3. The summed E-state index contributed by atoms with van der Waals surface area (Å²) in [6.07, 6.45) is 2.87. The predicted octanol–water partition coefficient (Wildman–Crippen LogP) is 3.70. The minimum absolute atomic E-state index is 0.313. The van der Waals surface area contributed by atoms with Crippen LogP contribution in [0.4, 0.5) is 5.69 Å². The van der Waals surface area contributed by atoms with Gasteiger partial charge in [0, 0.05) is 27.0 Å². The molecule has 27 heavy (non-hydrogen) atoms. The maximum absolute atomic E-state index is 12.6. The summed E-state index contributed by atoms with van der Waals surface area (Å²) in [6, 6.07) is 14.3. The zero-order chi connectivity index (χ0) is 18.6. The first-order valence-corrected chi connectivity index (χ1v) is 9.65. The minimum Gasteiger partial charge on any atom is -0.369 e. The fourth-order valence-electron chi connectivity index (χ4n) is 3.59. The number of hydrogen-bond acceptors (Lipinski definition) is 4. The van der Waals surface area contributed by atoms with Crippen LogP contribution in [-0.2, 0) is 16.1 Å². The summed E-state index contributed by atoms with van der Waals surface area (Å²) in [5, 5.41) is 4.10. The Hall–Kier alpha value is -2.99. The minimum atomic E-state index is -1.04. The average Bonchev–Trinajstić information content (AvgIpc) is 3.16. The van der Waals surface area contributed by atoms with Gasteiger partial charge in [-0.3, -0.25) is 14.6 Å². The van der Waals surface area contributed by atoms with Crippen molar-refractivity contribution in [1.29, 1.82) is 0 Å². The molecule has 2 aromatic carbocycles. The van der Waals surface area contributed by atoms with Crippen LogP contribution < -0.4 is 11.1 Å². The molecular weight excluding hydrogens is 358 g/mol. The summed E-state index contributed by atoms with van der Waals surface area (Å²) in [5.74, 6) is -0.861. The molecule has 134 valence electrons. The van der Waals surface area contributed by atoms with E-state index in [9.17, 15) is 9.59 Å². The van der Waals surface area contributed by atoms with E-state index in [-0.39, 0.29) is 5.91 Å². The number of nitrogens with two attached hydrogens (primary N) is 1. The summed E-state index contributed by atoms with van der Waals surface area (Å²) in [7, 11) is 0. The van der Waals surface area contributed by atoms with Crippen LogP contribution in [0.5, 0.6) is 0 Å². The molecule has 1 aliphatic carbocycles. The molecule has 2 amide bonds. The fraction of sp³-hybridized carbons (Fsp3) is 0.190. The van der Waals surface area contributed by atoms with Gasteiger partial charge in [-0.15, -0.1) is 11.3 Å². The number of thiophene rings is 1. The summed E-state index contributed by atoms with van der Waals surface area (Å²) in [5.41, 5.74) is 8.30. The van der Waals surface area contributed by atoms with E-state index in [0.29, 0.717) is 25.1 Å². The van der Waals surface area contributed by atoms with Gasteiger partial charge in [-0.05, 0) is 53.6 Å². The van der Waals surface area contributed by atoms with Gasteiger partial charge in [-0.1, -0.05) is 18.2 Å². The number of rotatable bonds is 4. The van der Waals surface area contributed by atoms with Crippen molar-refractivity contribution in [2.24, 2.45) is 16.1 Å². The average molecular weight is 375 g/mol. The van der Waals surface area contributed by atoms with Crippen molar-refractivity contribution in [1.82, 2.24) is 0 Å². The molecule has 0 radical (unpaired) electrons. The van der Waals surface area contributed by atoms with E-state index < -0.39 is 11.3 Å². The highest BCUT2D eigenvalue weighted by Crippen LogP contribution is 2.46. The highest BCUT2D eigenvalue weighted by atomic mass is 32.1. The third-order valence-corrected chi connectivity index (χ3v) is 6.52. The van der Waals surface area contributed by atoms with Crippen molar-refractivity contribution >= 4 is 45.1 Å². The maximum atomic E-state index is 12.6. The fourth-order valence-corrected chi connectivity index (χ4v) is 4.70. The summed E-state index contributed by atoms with van der Waals surface area (Å²) >= 11 is 1.72. The number of primary amides is 1. The van der Waals surface area contributed by atoms with Gasteiger partial charge >= 0.3 is 0 Å². The molecule has 3 aromatic rings. The molecular formula is C21H17N3O2S. The van der Waals surface area contributed by atoms with E-state index in [0.717, 1.165) is 21.6 Å². The normalized spacial score (nSPS) is 16.3. The first kappa shape index (κ1) is 16.2. The van der Waals surface area contributed by atoms with Crippen LogP contribution in [-0.4, -0.2) is 18.0 Å². The Morgan fingerprint density at radius 2 is 1.96 bits per heavy atom. The van der Waals surface area contributed by atoms with Gasteiger partial charge in [-0.25, -0.2) is 0 Å². The van der Waals surface area contributed by atoms with Crippen molar-refractivity contribution in [3.63, 3.8) is 0 Å². The van der Waals surface area contributed by atoms with Crippen molar-refractivity contribution in [3.05, 3.63) is 53.6 Å². The van der Waals surface area contributed by atoms with Gasteiger partial charge in [0.2, 0.25) is 11.8 Å². The largest absolute Gasteiger partial charge is 0.369 e. The SMILES string of the molecule is NC(=O)C1(C(=O)Nc2cc3c(c(-c4cc5ccccc5s4)c2)CN=C3)CC1. The van der Waals surface area contributed by atoms with E-state index in [2.05, 4.69) is 28.5 Å². The number of amides is 2. The molecule has 0 spiro atoms. The number of nitrogens with zero attached hydrogens (tertiary/aromatic N) is 1. The van der Waals surface area contributed by atoms with Crippen LogP contribution in [0, 0.1) is 5.41 Å². The number of carbonyl (C=O) groups excluding carboxylic acids is 2. The van der Waals surface area contributed by atoms with Gasteiger partial charge in [0.05, 0.1) is 6.54 Å². The van der Waals surface area contributed by atoms with Crippen molar-refractivity contribution in [2.75, 3.05) is 5.32 Å². The van der Waals surface area contributed by atoms with E-state index in [1.165, 1.54) is 10.1 Å². The smallest absolute Gasteiger partial charge is 0.240 e. The summed E-state index contributed by atoms with van der Waals surface area (Å²) in [4.78, 5) is 29.8. The first-order chi connectivity index (χ1) is 13.1. The molecule has 0 unspecified atom stereocenters. The third kappa shape index (κ3) is 2.56. The number of hydrogen-bond donors (Lipinski definition) is 2. The van der Waals surface area contributed by atoms with E-state index in [1.54, 1.807) is 11.3 Å². The quantitative estimate of drug-likeness (QED) is 0.681. The Balaban J connectivity index is 1.56. The molecule has 3 N–H and O–H groups in total. The molecule has 5 rings (SSSR count). The second-order valence-corrected chi connectivity index (χ2v) is 8.19. The van der Waals surface area contributed by atoms with Crippen LogP contribution in [0.25, 0.3) is 20.5 Å². The lowest BCUT2D eigenvalue weighted by atomic mass is 9.99. The van der Waals surface area contributed by atoms with Crippen molar-refractivity contribution in [2.45, 2.75) is 19.4 Å². The lowest BCUT2D eigenvalue weighted by Crippen LogP contribution is -2.36. The molecule has 1 fully saturated rings. The standard InChI is InChI=1S/C21H17N3O2S/c22-19(25)21(5-6-21)20(26)24-14-7-13-10-23-11-16(13)15(9-14)18-8-12-3-1-2-4-17(12)27-18/h1-4,7-10H,5-6,11H2,(H2,22,25)(H,24,26). The van der Waals surface area contributed by atoms with Crippen LogP contribution in [0.1, 0.15) is 24.0 Å². The van der Waals surface area contributed by atoms with Gasteiger partial charge < -0.3 is 11.1 Å². The van der Waals surface area contributed by atoms with Crippen LogP contribution in [0.2, 0.25) is 0 Å². The second-order valence-electron chi connectivity index (χ2n) is 7.11. The Morgan fingerprint density at radius 1 is 1.15 bits per heavy atom. The molecule has 2 heterocycles. The summed E-state index contributed by atoms with van der Waals surface area (Å²) < 4.78 is 1.22. The molecule has 0 saturated heterocycles. The van der Waals surface area contributed by atoms with E-state index in [4.69, 9.17) is 5.73 Å². The molecule has 1 aliphatic heterocycles. The Kier molecular flexibility index (Phi) is 3.45. The Labute approximate surface area is 159 Å². The lowest BCUT2D eigenvalue weighted by Gasteiger charge is -2.14. The molecule has 6 heteroatoms. The molecule has 2 aliphatic rings. The van der Waals surface area contributed by atoms with Gasteiger partial charge in [-0.2, -0.15) is 0 Å².